The van der Waals surface area contributed by atoms with Crippen LogP contribution >= 0.6 is 15.9 Å². The van der Waals surface area contributed by atoms with Crippen molar-refractivity contribution in [3.63, 3.8) is 0 Å². The Balaban J connectivity index is 2.02. The molecule has 1 heterocycles. The lowest BCUT2D eigenvalue weighted by molar-refractivity contribution is 0.248. The number of rotatable bonds is 8. The minimum Gasteiger partial charge on any atom is -0.396 e. The van der Waals surface area contributed by atoms with E-state index in [0.717, 1.165) is 47.7 Å². The van der Waals surface area contributed by atoms with E-state index in [9.17, 15) is 0 Å². The number of aliphatic hydroxyl groups excluding tert-OH is 1. The normalized spacial score (nSPS) is 12.7. The van der Waals surface area contributed by atoms with Crippen molar-refractivity contribution in [3.05, 3.63) is 40.5 Å². The standard InChI is InChI=1S/C17H23BrN2O/c1-2-4-13(8-10-21)11-19-12-14-6-7-16(18)15-5-3-9-20-17(14)15/h3,5-7,9,13,19,21H,2,4,8,10-12H2,1H3. The largest absolute Gasteiger partial charge is 0.396 e. The van der Waals surface area contributed by atoms with Crippen LogP contribution < -0.4 is 5.32 Å². The monoisotopic (exact) mass is 350 g/mol. The molecule has 0 aliphatic carbocycles. The Bertz CT molecular complexity index is 568. The molecule has 0 amide bonds. The van der Waals surface area contributed by atoms with Crippen LogP contribution in [0.25, 0.3) is 10.9 Å². The summed E-state index contributed by atoms with van der Waals surface area (Å²) in [4.78, 5) is 4.50. The van der Waals surface area contributed by atoms with E-state index >= 15 is 0 Å². The van der Waals surface area contributed by atoms with Crippen LogP contribution in [0.4, 0.5) is 0 Å². The zero-order valence-electron chi connectivity index (χ0n) is 12.5. The van der Waals surface area contributed by atoms with Gasteiger partial charge in [0.25, 0.3) is 0 Å². The lowest BCUT2D eigenvalue weighted by atomic mass is 10.00. The van der Waals surface area contributed by atoms with E-state index in [0.29, 0.717) is 5.92 Å². The first-order chi connectivity index (χ1) is 10.3. The second-order valence-electron chi connectivity index (χ2n) is 5.40. The minimum atomic E-state index is 0.273. The molecule has 2 N–H and O–H groups in total. The topological polar surface area (TPSA) is 45.1 Å². The molecule has 0 spiro atoms. The van der Waals surface area contributed by atoms with Crippen LogP contribution in [0.3, 0.4) is 0 Å². The van der Waals surface area contributed by atoms with Crippen LogP contribution in [0.1, 0.15) is 31.7 Å². The average Bonchev–Trinajstić information content (AvgIpc) is 2.50. The second-order valence-corrected chi connectivity index (χ2v) is 6.26. The number of nitrogens with one attached hydrogen (secondary N) is 1. The van der Waals surface area contributed by atoms with E-state index in [1.54, 1.807) is 0 Å². The predicted molar refractivity (Wildman–Crippen MR) is 91.3 cm³/mol. The summed E-state index contributed by atoms with van der Waals surface area (Å²) >= 11 is 3.58. The number of benzene rings is 1. The molecule has 0 aliphatic rings. The summed E-state index contributed by atoms with van der Waals surface area (Å²) in [6.07, 6.45) is 5.03. The van der Waals surface area contributed by atoms with Crippen LogP contribution in [0.5, 0.6) is 0 Å². The van der Waals surface area contributed by atoms with Crippen molar-refractivity contribution in [2.75, 3.05) is 13.2 Å². The first-order valence-corrected chi connectivity index (χ1v) is 8.39. The summed E-state index contributed by atoms with van der Waals surface area (Å²) in [7, 11) is 0. The Labute approximate surface area is 134 Å². The van der Waals surface area contributed by atoms with Crippen LogP contribution in [-0.4, -0.2) is 23.2 Å². The molecule has 1 aromatic carbocycles. The first-order valence-electron chi connectivity index (χ1n) is 7.60. The summed E-state index contributed by atoms with van der Waals surface area (Å²) in [6.45, 7) is 4.22. The summed E-state index contributed by atoms with van der Waals surface area (Å²) in [6, 6.07) is 8.25. The maximum absolute atomic E-state index is 9.11. The van der Waals surface area contributed by atoms with Gasteiger partial charge in [-0.2, -0.15) is 0 Å². The molecule has 1 unspecified atom stereocenters. The Morgan fingerprint density at radius 2 is 2.14 bits per heavy atom. The molecule has 2 aromatic rings. The highest BCUT2D eigenvalue weighted by Gasteiger charge is 2.08. The zero-order chi connectivity index (χ0) is 15.1. The molecular formula is C17H23BrN2O. The molecule has 114 valence electrons. The van der Waals surface area contributed by atoms with Crippen molar-refractivity contribution < 1.29 is 5.11 Å². The summed E-state index contributed by atoms with van der Waals surface area (Å²) in [5.74, 6) is 0.551. The molecule has 3 nitrogen and oxygen atoms in total. The van der Waals surface area contributed by atoms with Crippen LogP contribution in [0.15, 0.2) is 34.9 Å². The highest BCUT2D eigenvalue weighted by molar-refractivity contribution is 9.10. The highest BCUT2D eigenvalue weighted by atomic mass is 79.9. The molecule has 21 heavy (non-hydrogen) atoms. The van der Waals surface area contributed by atoms with E-state index in [-0.39, 0.29) is 6.61 Å². The zero-order valence-corrected chi connectivity index (χ0v) is 14.1. The fourth-order valence-corrected chi connectivity index (χ4v) is 3.14. The Morgan fingerprint density at radius 3 is 2.90 bits per heavy atom. The van der Waals surface area contributed by atoms with Gasteiger partial charge in [0.2, 0.25) is 0 Å². The van der Waals surface area contributed by atoms with Gasteiger partial charge in [-0.15, -0.1) is 0 Å². The fourth-order valence-electron chi connectivity index (χ4n) is 2.69. The molecule has 0 saturated heterocycles. The van der Waals surface area contributed by atoms with Crippen LogP contribution in [-0.2, 0) is 6.54 Å². The number of aliphatic hydroxyl groups is 1. The molecule has 2 rings (SSSR count). The third-order valence-corrected chi connectivity index (χ3v) is 4.47. The molecule has 1 aromatic heterocycles. The van der Waals surface area contributed by atoms with E-state index in [1.807, 2.05) is 12.3 Å². The molecule has 0 aliphatic heterocycles. The van der Waals surface area contributed by atoms with E-state index in [1.165, 1.54) is 5.56 Å². The molecule has 0 radical (unpaired) electrons. The maximum Gasteiger partial charge on any atom is 0.0758 e. The Morgan fingerprint density at radius 1 is 1.29 bits per heavy atom. The third-order valence-electron chi connectivity index (χ3n) is 3.78. The van der Waals surface area contributed by atoms with Gasteiger partial charge in [-0.3, -0.25) is 4.98 Å². The minimum absolute atomic E-state index is 0.273. The van der Waals surface area contributed by atoms with Gasteiger partial charge < -0.3 is 10.4 Å². The Kier molecular flexibility index (Phi) is 6.61. The van der Waals surface area contributed by atoms with Gasteiger partial charge in [-0.1, -0.05) is 41.4 Å². The van der Waals surface area contributed by atoms with Gasteiger partial charge in [0, 0.05) is 29.2 Å². The number of hydrogen-bond acceptors (Lipinski definition) is 3. The summed E-state index contributed by atoms with van der Waals surface area (Å²) in [5, 5.41) is 13.8. The van der Waals surface area contributed by atoms with Gasteiger partial charge in [-0.25, -0.2) is 0 Å². The smallest absolute Gasteiger partial charge is 0.0758 e. The van der Waals surface area contributed by atoms with Gasteiger partial charge in [-0.05, 0) is 43.0 Å². The van der Waals surface area contributed by atoms with Crippen molar-refractivity contribution in [1.82, 2.24) is 10.3 Å². The molecule has 1 atom stereocenters. The number of aromatic nitrogens is 1. The van der Waals surface area contributed by atoms with Gasteiger partial charge in [0.15, 0.2) is 0 Å². The highest BCUT2D eigenvalue weighted by Crippen LogP contribution is 2.25. The number of hydrogen-bond donors (Lipinski definition) is 2. The van der Waals surface area contributed by atoms with Gasteiger partial charge >= 0.3 is 0 Å². The lowest BCUT2D eigenvalue weighted by Gasteiger charge is -2.16. The van der Waals surface area contributed by atoms with Crippen molar-refractivity contribution in [3.8, 4) is 0 Å². The molecular weight excluding hydrogens is 328 g/mol. The van der Waals surface area contributed by atoms with Crippen LogP contribution in [0.2, 0.25) is 0 Å². The molecule has 0 fully saturated rings. The van der Waals surface area contributed by atoms with Gasteiger partial charge in [0.1, 0.15) is 0 Å². The Hall–Kier alpha value is -0.970. The number of fused-ring (bicyclic) bond motifs is 1. The third kappa shape index (κ3) is 4.50. The van der Waals surface area contributed by atoms with E-state index in [2.05, 4.69) is 51.4 Å². The SMILES string of the molecule is CCCC(CCO)CNCc1ccc(Br)c2cccnc12. The number of pyridine rings is 1. The fraction of sp³-hybridized carbons (Fsp3) is 0.471. The lowest BCUT2D eigenvalue weighted by Crippen LogP contribution is -2.23. The first kappa shape index (κ1) is 16.4. The quantitative estimate of drug-likeness (QED) is 0.759. The average molecular weight is 351 g/mol. The van der Waals surface area contributed by atoms with Crippen molar-refractivity contribution >= 4 is 26.8 Å². The number of nitrogens with zero attached hydrogens (tertiary/aromatic N) is 1. The maximum atomic E-state index is 9.11. The van der Waals surface area contributed by atoms with Gasteiger partial charge in [0.05, 0.1) is 5.52 Å². The van der Waals surface area contributed by atoms with Crippen molar-refractivity contribution in [2.45, 2.75) is 32.7 Å². The second kappa shape index (κ2) is 8.47. The molecule has 0 saturated carbocycles. The summed E-state index contributed by atoms with van der Waals surface area (Å²) < 4.78 is 1.08. The predicted octanol–water partition coefficient (Wildman–Crippen LogP) is 3.89. The van der Waals surface area contributed by atoms with Crippen molar-refractivity contribution in [2.24, 2.45) is 5.92 Å². The molecule has 0 bridgehead atoms. The van der Waals surface area contributed by atoms with Crippen LogP contribution in [0, 0.1) is 5.92 Å². The number of halogens is 1. The van der Waals surface area contributed by atoms with Crippen molar-refractivity contribution in [1.29, 1.82) is 0 Å². The van der Waals surface area contributed by atoms with E-state index in [4.69, 9.17) is 5.11 Å². The van der Waals surface area contributed by atoms with E-state index < -0.39 is 0 Å². The molecule has 4 heteroatoms. The summed E-state index contributed by atoms with van der Waals surface area (Å²) in [5.41, 5.74) is 2.27.